The molecule has 0 aromatic rings. The summed E-state index contributed by atoms with van der Waals surface area (Å²) in [6, 6.07) is 1.83. The third-order valence-corrected chi connectivity index (χ3v) is 2.13. The van der Waals surface area contributed by atoms with Crippen LogP contribution in [0.2, 0.25) is 0 Å². The van der Waals surface area contributed by atoms with Gasteiger partial charge in [0, 0.05) is 13.0 Å². The van der Waals surface area contributed by atoms with Crippen molar-refractivity contribution in [1.82, 2.24) is 4.90 Å². The Bertz CT molecular complexity index is 222. The Balaban J connectivity index is 2.53. The predicted octanol–water partition coefficient (Wildman–Crippen LogP) is 1.52. The molecule has 0 bridgehead atoms. The first-order valence-corrected chi connectivity index (χ1v) is 4.62. The van der Waals surface area contributed by atoms with Crippen molar-refractivity contribution in [3.8, 4) is 6.07 Å². The molecule has 72 valence electrons. The van der Waals surface area contributed by atoms with Crippen LogP contribution >= 0.6 is 0 Å². The molecule has 1 aliphatic heterocycles. The summed E-state index contributed by atoms with van der Waals surface area (Å²) in [5, 5.41) is 8.78. The number of nitrogens with zero attached hydrogens (tertiary/aromatic N) is 2. The molecule has 13 heavy (non-hydrogen) atoms. The van der Waals surface area contributed by atoms with Gasteiger partial charge in [-0.2, -0.15) is 5.26 Å². The molecule has 1 atom stereocenters. The van der Waals surface area contributed by atoms with Crippen LogP contribution in [0.3, 0.4) is 0 Å². The first-order valence-electron chi connectivity index (χ1n) is 4.62. The van der Waals surface area contributed by atoms with Crippen molar-refractivity contribution in [3.63, 3.8) is 0 Å². The molecule has 0 N–H and O–H groups in total. The van der Waals surface area contributed by atoms with Gasteiger partial charge >= 0.3 is 6.09 Å². The van der Waals surface area contributed by atoms with E-state index in [9.17, 15) is 4.79 Å². The molecule has 0 aromatic carbocycles. The van der Waals surface area contributed by atoms with E-state index in [0.29, 0.717) is 19.6 Å². The zero-order valence-corrected chi connectivity index (χ0v) is 7.82. The fourth-order valence-electron chi connectivity index (χ4n) is 1.33. The molecule has 1 heterocycles. The maximum absolute atomic E-state index is 11.2. The van der Waals surface area contributed by atoms with Crippen LogP contribution in [-0.2, 0) is 4.74 Å². The molecule has 1 aliphatic rings. The summed E-state index contributed by atoms with van der Waals surface area (Å²) in [6.45, 7) is 3.06. The van der Waals surface area contributed by atoms with Crippen LogP contribution in [0.15, 0.2) is 0 Å². The van der Waals surface area contributed by atoms with Crippen LogP contribution in [0.1, 0.15) is 26.2 Å². The third-order valence-electron chi connectivity index (χ3n) is 2.13. The van der Waals surface area contributed by atoms with Crippen molar-refractivity contribution in [3.05, 3.63) is 0 Å². The van der Waals surface area contributed by atoms with Crippen LogP contribution in [-0.4, -0.2) is 30.2 Å². The largest absolute Gasteiger partial charge is 0.449 e. The van der Waals surface area contributed by atoms with Gasteiger partial charge in [0.2, 0.25) is 0 Å². The fourth-order valence-corrected chi connectivity index (χ4v) is 1.33. The molecule has 4 nitrogen and oxygen atoms in total. The molecule has 0 aliphatic carbocycles. The van der Waals surface area contributed by atoms with E-state index >= 15 is 0 Å². The van der Waals surface area contributed by atoms with Crippen LogP contribution in [0, 0.1) is 11.3 Å². The fraction of sp³-hybridized carbons (Fsp3) is 0.778. The Hall–Kier alpha value is -1.24. The molecule has 1 rings (SSSR count). The minimum absolute atomic E-state index is 0.284. The topological polar surface area (TPSA) is 53.3 Å². The van der Waals surface area contributed by atoms with E-state index in [1.54, 1.807) is 0 Å². The van der Waals surface area contributed by atoms with Gasteiger partial charge in [-0.25, -0.2) is 4.79 Å². The first kappa shape index (κ1) is 9.85. The Morgan fingerprint density at radius 1 is 1.77 bits per heavy atom. The monoisotopic (exact) mass is 182 g/mol. The number of cyclic esters (lactones) is 1. The summed E-state index contributed by atoms with van der Waals surface area (Å²) >= 11 is 0. The molecule has 0 radical (unpaired) electrons. The number of hydrogen-bond acceptors (Lipinski definition) is 3. The average molecular weight is 182 g/mol. The van der Waals surface area contributed by atoms with E-state index in [1.807, 2.05) is 0 Å². The summed E-state index contributed by atoms with van der Waals surface area (Å²) in [4.78, 5) is 12.7. The molecule has 4 heteroatoms. The van der Waals surface area contributed by atoms with E-state index in [1.165, 1.54) is 4.90 Å². The third kappa shape index (κ3) is 2.35. The lowest BCUT2D eigenvalue weighted by molar-refractivity contribution is 0.0574. The maximum atomic E-state index is 11.2. The Kier molecular flexibility index (Phi) is 3.56. The summed E-state index contributed by atoms with van der Waals surface area (Å²) in [5.74, 6) is 0. The van der Waals surface area contributed by atoms with Gasteiger partial charge in [0.05, 0.1) is 12.7 Å². The normalized spacial score (nSPS) is 22.3. The van der Waals surface area contributed by atoms with Crippen LogP contribution in [0.25, 0.3) is 0 Å². The van der Waals surface area contributed by atoms with Gasteiger partial charge in [-0.15, -0.1) is 0 Å². The number of carbonyl (C=O) groups is 1. The molecular weight excluding hydrogens is 168 g/mol. The van der Waals surface area contributed by atoms with Gasteiger partial charge in [-0.05, 0) is 6.42 Å². The number of carbonyl (C=O) groups excluding carboxylic acids is 1. The van der Waals surface area contributed by atoms with Gasteiger partial charge in [0.15, 0.2) is 0 Å². The SMILES string of the molecule is CCCCN1C(=O)OCCC1C#N. The number of ether oxygens (including phenoxy) is 1. The lowest BCUT2D eigenvalue weighted by Crippen LogP contribution is -2.45. The van der Waals surface area contributed by atoms with Crippen LogP contribution in [0.4, 0.5) is 4.79 Å². The van der Waals surface area contributed by atoms with E-state index < -0.39 is 0 Å². The number of nitriles is 1. The van der Waals surface area contributed by atoms with Gasteiger partial charge < -0.3 is 4.74 Å². The zero-order valence-electron chi connectivity index (χ0n) is 7.82. The first-order chi connectivity index (χ1) is 6.29. The average Bonchev–Trinajstić information content (AvgIpc) is 2.15. The predicted molar refractivity (Wildman–Crippen MR) is 47.0 cm³/mol. The Morgan fingerprint density at radius 2 is 2.54 bits per heavy atom. The van der Waals surface area contributed by atoms with Gasteiger partial charge in [0.1, 0.15) is 6.04 Å². The van der Waals surface area contributed by atoms with E-state index in [4.69, 9.17) is 10.00 Å². The highest BCUT2D eigenvalue weighted by atomic mass is 16.6. The summed E-state index contributed by atoms with van der Waals surface area (Å²) in [5.41, 5.74) is 0. The zero-order chi connectivity index (χ0) is 9.68. The van der Waals surface area contributed by atoms with Crippen molar-refractivity contribution in [2.45, 2.75) is 32.2 Å². The molecule has 0 saturated carbocycles. The van der Waals surface area contributed by atoms with Crippen molar-refractivity contribution in [2.75, 3.05) is 13.2 Å². The highest BCUT2D eigenvalue weighted by Gasteiger charge is 2.28. The molecule has 1 unspecified atom stereocenters. The summed E-state index contributed by atoms with van der Waals surface area (Å²) < 4.78 is 4.86. The standard InChI is InChI=1S/C9H14N2O2/c1-2-3-5-11-8(7-10)4-6-13-9(11)12/h8H,2-6H2,1H3. The molecule has 0 aromatic heterocycles. The second kappa shape index (κ2) is 4.70. The molecule has 1 fully saturated rings. The Labute approximate surface area is 78.1 Å². The van der Waals surface area contributed by atoms with Crippen LogP contribution < -0.4 is 0 Å². The van der Waals surface area contributed by atoms with E-state index in [0.717, 1.165) is 12.8 Å². The van der Waals surface area contributed by atoms with Crippen LogP contribution in [0.5, 0.6) is 0 Å². The number of unbranched alkanes of at least 4 members (excludes halogenated alkanes) is 1. The second-order valence-electron chi connectivity index (χ2n) is 3.09. The van der Waals surface area contributed by atoms with E-state index in [2.05, 4.69) is 13.0 Å². The molecular formula is C9H14N2O2. The van der Waals surface area contributed by atoms with Gasteiger partial charge in [0.25, 0.3) is 0 Å². The molecule has 1 amide bonds. The highest BCUT2D eigenvalue weighted by molar-refractivity contribution is 5.69. The number of amides is 1. The summed E-state index contributed by atoms with van der Waals surface area (Å²) in [6.07, 6.45) is 2.23. The number of rotatable bonds is 3. The van der Waals surface area contributed by atoms with Crippen molar-refractivity contribution < 1.29 is 9.53 Å². The lowest BCUT2D eigenvalue weighted by Gasteiger charge is -2.30. The minimum atomic E-state index is -0.341. The Morgan fingerprint density at radius 3 is 3.15 bits per heavy atom. The van der Waals surface area contributed by atoms with Crippen molar-refractivity contribution in [2.24, 2.45) is 0 Å². The lowest BCUT2D eigenvalue weighted by atomic mass is 10.2. The molecule has 1 saturated heterocycles. The second-order valence-corrected chi connectivity index (χ2v) is 3.09. The minimum Gasteiger partial charge on any atom is -0.449 e. The smallest absolute Gasteiger partial charge is 0.410 e. The summed E-state index contributed by atoms with van der Waals surface area (Å²) in [7, 11) is 0. The number of hydrogen-bond donors (Lipinski definition) is 0. The van der Waals surface area contributed by atoms with Crippen molar-refractivity contribution >= 4 is 6.09 Å². The van der Waals surface area contributed by atoms with Gasteiger partial charge in [-0.1, -0.05) is 13.3 Å². The van der Waals surface area contributed by atoms with Gasteiger partial charge in [-0.3, -0.25) is 4.90 Å². The van der Waals surface area contributed by atoms with E-state index in [-0.39, 0.29) is 12.1 Å². The molecule has 0 spiro atoms. The van der Waals surface area contributed by atoms with Crippen molar-refractivity contribution in [1.29, 1.82) is 5.26 Å². The maximum Gasteiger partial charge on any atom is 0.410 e. The highest BCUT2D eigenvalue weighted by Crippen LogP contribution is 2.13. The quantitative estimate of drug-likeness (QED) is 0.665.